The summed E-state index contributed by atoms with van der Waals surface area (Å²) < 4.78 is 0. The first-order valence-electron chi connectivity index (χ1n) is 7.53. The van der Waals surface area contributed by atoms with Crippen molar-refractivity contribution in [2.45, 2.75) is 45.6 Å². The molecular formula is C14H25N3O4. The van der Waals surface area contributed by atoms with Crippen molar-refractivity contribution in [3.8, 4) is 0 Å². The van der Waals surface area contributed by atoms with Crippen LogP contribution in [-0.4, -0.2) is 53.6 Å². The average Bonchev–Trinajstić information content (AvgIpc) is 2.46. The van der Waals surface area contributed by atoms with Crippen molar-refractivity contribution in [3.05, 3.63) is 0 Å². The summed E-state index contributed by atoms with van der Waals surface area (Å²) in [5.41, 5.74) is 0. The summed E-state index contributed by atoms with van der Waals surface area (Å²) in [7, 11) is 0. The number of hydrogen-bond acceptors (Lipinski definition) is 3. The van der Waals surface area contributed by atoms with Crippen molar-refractivity contribution in [1.82, 2.24) is 15.5 Å². The average molecular weight is 299 g/mol. The number of aliphatic carboxylic acids is 1. The predicted molar refractivity (Wildman–Crippen MR) is 77.8 cm³/mol. The summed E-state index contributed by atoms with van der Waals surface area (Å²) in [6.07, 6.45) is 4.22. The predicted octanol–water partition coefficient (Wildman–Crippen LogP) is 0.797. The number of carbonyl (C=O) groups is 3. The van der Waals surface area contributed by atoms with E-state index in [1.807, 2.05) is 0 Å². The third-order valence-electron chi connectivity index (χ3n) is 3.81. The second kappa shape index (κ2) is 8.49. The molecule has 0 radical (unpaired) electrons. The fourth-order valence-corrected chi connectivity index (χ4v) is 2.35. The van der Waals surface area contributed by atoms with Crippen molar-refractivity contribution in [2.75, 3.05) is 19.6 Å². The van der Waals surface area contributed by atoms with Gasteiger partial charge in [0, 0.05) is 13.1 Å². The lowest BCUT2D eigenvalue weighted by atomic mass is 9.99. The zero-order chi connectivity index (χ0) is 15.8. The molecule has 1 heterocycles. The van der Waals surface area contributed by atoms with Gasteiger partial charge in [0.25, 0.3) is 0 Å². The second-order valence-corrected chi connectivity index (χ2v) is 5.39. The van der Waals surface area contributed by atoms with Crippen LogP contribution in [0.4, 0.5) is 4.79 Å². The van der Waals surface area contributed by atoms with Gasteiger partial charge in [0.1, 0.15) is 12.6 Å². The molecule has 1 rings (SSSR count). The molecule has 120 valence electrons. The summed E-state index contributed by atoms with van der Waals surface area (Å²) in [5, 5.41) is 14.3. The molecule has 3 amide bonds. The van der Waals surface area contributed by atoms with E-state index in [0.29, 0.717) is 12.5 Å². The monoisotopic (exact) mass is 299 g/mol. The Labute approximate surface area is 125 Å². The van der Waals surface area contributed by atoms with Gasteiger partial charge in [-0.1, -0.05) is 33.1 Å². The Hall–Kier alpha value is -1.79. The van der Waals surface area contributed by atoms with Crippen LogP contribution in [0.3, 0.4) is 0 Å². The minimum absolute atomic E-state index is 0.0470. The van der Waals surface area contributed by atoms with E-state index in [1.54, 1.807) is 0 Å². The molecular weight excluding hydrogens is 274 g/mol. The SMILES string of the molecule is CCCCC(CC)CNC(=O)N1CC(=O)NCC1C(=O)O. The molecule has 0 aromatic heterocycles. The van der Waals surface area contributed by atoms with Gasteiger partial charge < -0.3 is 15.7 Å². The maximum atomic E-state index is 12.1. The third-order valence-corrected chi connectivity index (χ3v) is 3.81. The first kappa shape index (κ1) is 17.3. The van der Waals surface area contributed by atoms with Gasteiger partial charge in [0.15, 0.2) is 0 Å². The third kappa shape index (κ3) is 5.24. The van der Waals surface area contributed by atoms with Gasteiger partial charge >= 0.3 is 12.0 Å². The van der Waals surface area contributed by atoms with E-state index in [4.69, 9.17) is 5.11 Å². The van der Waals surface area contributed by atoms with Crippen LogP contribution in [0.25, 0.3) is 0 Å². The van der Waals surface area contributed by atoms with Crippen molar-refractivity contribution < 1.29 is 19.5 Å². The lowest BCUT2D eigenvalue weighted by Crippen LogP contribution is -2.61. The molecule has 0 aromatic carbocycles. The number of hydrogen-bond donors (Lipinski definition) is 3. The molecule has 0 spiro atoms. The van der Waals surface area contributed by atoms with Gasteiger partial charge in [-0.05, 0) is 12.3 Å². The maximum Gasteiger partial charge on any atom is 0.328 e. The highest BCUT2D eigenvalue weighted by molar-refractivity contribution is 5.90. The minimum atomic E-state index is -1.11. The van der Waals surface area contributed by atoms with Crippen molar-refractivity contribution >= 4 is 17.9 Å². The number of unbranched alkanes of at least 4 members (excludes halogenated alkanes) is 1. The molecule has 0 aliphatic carbocycles. The molecule has 1 aliphatic rings. The van der Waals surface area contributed by atoms with Crippen LogP contribution in [0, 0.1) is 5.92 Å². The fraction of sp³-hybridized carbons (Fsp3) is 0.786. The summed E-state index contributed by atoms with van der Waals surface area (Å²) in [4.78, 5) is 35.7. The zero-order valence-corrected chi connectivity index (χ0v) is 12.7. The van der Waals surface area contributed by atoms with Crippen LogP contribution in [0.5, 0.6) is 0 Å². The van der Waals surface area contributed by atoms with E-state index in [2.05, 4.69) is 24.5 Å². The molecule has 0 bridgehead atoms. The molecule has 7 nitrogen and oxygen atoms in total. The molecule has 7 heteroatoms. The number of piperazine rings is 1. The Bertz CT molecular complexity index is 386. The standard InChI is InChI=1S/C14H25N3O4/c1-3-5-6-10(4-2)7-16-14(21)17-9-12(18)15-8-11(17)13(19)20/h10-11H,3-9H2,1-2H3,(H,15,18)(H,16,21)(H,19,20). The highest BCUT2D eigenvalue weighted by Crippen LogP contribution is 2.12. The van der Waals surface area contributed by atoms with E-state index >= 15 is 0 Å². The summed E-state index contributed by atoms with van der Waals surface area (Å²) >= 11 is 0. The molecule has 0 aromatic rings. The van der Waals surface area contributed by atoms with Crippen molar-refractivity contribution in [2.24, 2.45) is 5.92 Å². The van der Waals surface area contributed by atoms with Gasteiger partial charge in [-0.2, -0.15) is 0 Å². The van der Waals surface area contributed by atoms with Gasteiger partial charge in [-0.25, -0.2) is 9.59 Å². The van der Waals surface area contributed by atoms with E-state index in [-0.39, 0.29) is 19.0 Å². The van der Waals surface area contributed by atoms with Crippen LogP contribution >= 0.6 is 0 Å². The first-order valence-corrected chi connectivity index (χ1v) is 7.53. The Balaban J connectivity index is 2.54. The summed E-state index contributed by atoms with van der Waals surface area (Å²) in [6, 6.07) is -1.48. The lowest BCUT2D eigenvalue weighted by molar-refractivity contribution is -0.144. The highest BCUT2D eigenvalue weighted by atomic mass is 16.4. The Morgan fingerprint density at radius 1 is 1.48 bits per heavy atom. The molecule has 1 aliphatic heterocycles. The highest BCUT2D eigenvalue weighted by Gasteiger charge is 2.35. The second-order valence-electron chi connectivity index (χ2n) is 5.39. The van der Waals surface area contributed by atoms with E-state index in [0.717, 1.165) is 30.6 Å². The van der Waals surface area contributed by atoms with Crippen LogP contribution in [0.1, 0.15) is 39.5 Å². The quantitative estimate of drug-likeness (QED) is 0.647. The molecule has 2 atom stereocenters. The van der Waals surface area contributed by atoms with E-state index in [9.17, 15) is 14.4 Å². The largest absolute Gasteiger partial charge is 0.480 e. The van der Waals surface area contributed by atoms with Gasteiger partial charge in [-0.3, -0.25) is 9.69 Å². The number of nitrogens with zero attached hydrogens (tertiary/aromatic N) is 1. The number of carbonyl (C=O) groups excluding carboxylic acids is 2. The molecule has 3 N–H and O–H groups in total. The number of carboxylic acid groups (broad SMARTS) is 1. The number of amides is 3. The molecule has 0 saturated carbocycles. The van der Waals surface area contributed by atoms with Gasteiger partial charge in [-0.15, -0.1) is 0 Å². The van der Waals surface area contributed by atoms with Crippen LogP contribution in [-0.2, 0) is 9.59 Å². The molecule has 1 saturated heterocycles. The topological polar surface area (TPSA) is 98.7 Å². The number of rotatable bonds is 7. The van der Waals surface area contributed by atoms with Crippen LogP contribution in [0.15, 0.2) is 0 Å². The normalized spacial score (nSPS) is 19.8. The number of urea groups is 1. The summed E-state index contributed by atoms with van der Waals surface area (Å²) in [5.74, 6) is -1.06. The van der Waals surface area contributed by atoms with E-state index in [1.165, 1.54) is 0 Å². The number of carboxylic acids is 1. The number of nitrogens with one attached hydrogen (secondary N) is 2. The van der Waals surface area contributed by atoms with Gasteiger partial charge in [0.2, 0.25) is 5.91 Å². The first-order chi connectivity index (χ1) is 9.99. The van der Waals surface area contributed by atoms with E-state index < -0.39 is 18.0 Å². The smallest absolute Gasteiger partial charge is 0.328 e. The van der Waals surface area contributed by atoms with Crippen molar-refractivity contribution in [3.63, 3.8) is 0 Å². The van der Waals surface area contributed by atoms with Crippen molar-refractivity contribution in [1.29, 1.82) is 0 Å². The fourth-order valence-electron chi connectivity index (χ4n) is 2.35. The molecule has 1 fully saturated rings. The van der Waals surface area contributed by atoms with Crippen LogP contribution < -0.4 is 10.6 Å². The minimum Gasteiger partial charge on any atom is -0.480 e. The summed E-state index contributed by atoms with van der Waals surface area (Å²) in [6.45, 7) is 4.44. The molecule has 2 unspecified atom stereocenters. The maximum absolute atomic E-state index is 12.1. The molecule has 21 heavy (non-hydrogen) atoms. The lowest BCUT2D eigenvalue weighted by Gasteiger charge is -2.33. The Morgan fingerprint density at radius 3 is 2.76 bits per heavy atom. The van der Waals surface area contributed by atoms with Crippen LogP contribution in [0.2, 0.25) is 0 Å². The zero-order valence-electron chi connectivity index (χ0n) is 12.7. The Morgan fingerprint density at radius 2 is 2.19 bits per heavy atom. The Kier molecular flexibility index (Phi) is 6.98. The van der Waals surface area contributed by atoms with Gasteiger partial charge in [0.05, 0.1) is 0 Å².